The zero-order valence-electron chi connectivity index (χ0n) is 20.5. The fourth-order valence-corrected chi connectivity index (χ4v) is 6.44. The molecule has 0 atom stereocenters. The highest BCUT2D eigenvalue weighted by atomic mass is 79.9. The van der Waals surface area contributed by atoms with Crippen molar-refractivity contribution in [3.63, 3.8) is 0 Å². The first-order valence-electron chi connectivity index (χ1n) is 12.0. The van der Waals surface area contributed by atoms with Gasteiger partial charge in [-0.1, -0.05) is 60.9 Å². The van der Waals surface area contributed by atoms with Crippen molar-refractivity contribution in [3.05, 3.63) is 53.6 Å². The lowest BCUT2D eigenvalue weighted by Crippen LogP contribution is -3.00. The summed E-state index contributed by atoms with van der Waals surface area (Å²) in [6.07, 6.45) is 12.4. The van der Waals surface area contributed by atoms with Crippen LogP contribution in [0, 0.1) is 10.1 Å². The van der Waals surface area contributed by atoms with Crippen LogP contribution in [0.15, 0.2) is 42.1 Å². The van der Waals surface area contributed by atoms with Crippen molar-refractivity contribution in [1.82, 2.24) is 0 Å². The van der Waals surface area contributed by atoms with E-state index in [-0.39, 0.29) is 22.9 Å². The molecule has 0 radical (unpaired) electrons. The minimum Gasteiger partial charge on any atom is -1.00 e. The Labute approximate surface area is 245 Å². The molecule has 0 saturated carbocycles. The molecule has 0 fully saturated rings. The van der Waals surface area contributed by atoms with Crippen molar-refractivity contribution in [2.24, 2.45) is 0 Å². The second kappa shape index (κ2) is 17.2. The van der Waals surface area contributed by atoms with E-state index >= 15 is 0 Å². The molecule has 2 rings (SSSR count). The third-order valence-corrected chi connectivity index (χ3v) is 7.41. The van der Waals surface area contributed by atoms with E-state index in [1.54, 1.807) is 6.07 Å². The lowest BCUT2D eigenvalue weighted by Gasteiger charge is -2.28. The second-order valence-electron chi connectivity index (χ2n) is 9.40. The smallest absolute Gasteiger partial charge is 0.433 e. The van der Waals surface area contributed by atoms with Gasteiger partial charge in [-0.3, -0.25) is 10.1 Å². The number of ether oxygens (including phenoxy) is 1. The zero-order valence-corrected chi connectivity index (χ0v) is 26.9. The summed E-state index contributed by atoms with van der Waals surface area (Å²) in [6.45, 7) is 2.46. The van der Waals surface area contributed by atoms with Gasteiger partial charge in [0.15, 0.2) is 5.76 Å². The standard InChI is InChI=1S/C25H36Br3N2O4.BrH/c1-30(2,19-21-13-14-24(34-21)29(31)32)15-11-9-7-5-3-4-6-8-10-12-16-33-25-22(27)17-20(26)18-23(25)28;/h13-14,17-18H,3-12,15-16,19H2,1-2H3;1H/q+1;/p-1. The monoisotopic (exact) mass is 744 g/mol. The molecule has 0 N–H and O–H groups in total. The van der Waals surface area contributed by atoms with Crippen molar-refractivity contribution in [1.29, 1.82) is 0 Å². The van der Waals surface area contributed by atoms with Crippen molar-refractivity contribution >= 4 is 53.7 Å². The Morgan fingerprint density at radius 3 is 1.91 bits per heavy atom. The average molecular weight is 748 g/mol. The third-order valence-electron chi connectivity index (χ3n) is 5.78. The highest BCUT2D eigenvalue weighted by Gasteiger charge is 2.20. The number of furan rings is 1. The van der Waals surface area contributed by atoms with Crippen LogP contribution >= 0.6 is 47.8 Å². The van der Waals surface area contributed by atoms with Crippen LogP contribution in [0.3, 0.4) is 0 Å². The van der Waals surface area contributed by atoms with Gasteiger partial charge in [0.2, 0.25) is 0 Å². The Morgan fingerprint density at radius 2 is 1.40 bits per heavy atom. The van der Waals surface area contributed by atoms with Crippen LogP contribution in [0.5, 0.6) is 5.75 Å². The fraction of sp³-hybridized carbons (Fsp3) is 0.600. The minimum atomic E-state index is -0.484. The molecule has 1 aromatic heterocycles. The number of quaternary nitrogens is 1. The van der Waals surface area contributed by atoms with E-state index in [0.29, 0.717) is 12.3 Å². The van der Waals surface area contributed by atoms with Gasteiger partial charge < -0.3 is 30.6 Å². The van der Waals surface area contributed by atoms with Crippen LogP contribution < -0.4 is 21.7 Å². The summed E-state index contributed by atoms with van der Waals surface area (Å²) in [5.41, 5.74) is 0. The van der Waals surface area contributed by atoms with Crippen LogP contribution in [-0.4, -0.2) is 36.7 Å². The number of rotatable bonds is 17. The summed E-state index contributed by atoms with van der Waals surface area (Å²) in [5, 5.41) is 10.8. The predicted octanol–water partition coefficient (Wildman–Crippen LogP) is 6.04. The van der Waals surface area contributed by atoms with Crippen LogP contribution in [-0.2, 0) is 6.54 Å². The highest BCUT2D eigenvalue weighted by Crippen LogP contribution is 2.36. The van der Waals surface area contributed by atoms with Gasteiger partial charge in [0, 0.05) is 4.47 Å². The maximum Gasteiger partial charge on any atom is 0.433 e. The summed E-state index contributed by atoms with van der Waals surface area (Å²) >= 11 is 10.6. The van der Waals surface area contributed by atoms with Gasteiger partial charge in [0.1, 0.15) is 17.2 Å². The molecular weight excluding hydrogens is 712 g/mol. The van der Waals surface area contributed by atoms with E-state index in [0.717, 1.165) is 43.2 Å². The molecule has 0 unspecified atom stereocenters. The number of benzene rings is 1. The Kier molecular flexibility index (Phi) is 16.0. The number of unbranched alkanes of at least 4 members (excludes halogenated alkanes) is 9. The topological polar surface area (TPSA) is 65.5 Å². The molecule has 198 valence electrons. The number of nitrogens with zero attached hydrogens (tertiary/aromatic N) is 2. The van der Waals surface area contributed by atoms with Crippen LogP contribution in [0.25, 0.3) is 0 Å². The highest BCUT2D eigenvalue weighted by molar-refractivity contribution is 9.11. The molecule has 0 aliphatic heterocycles. The lowest BCUT2D eigenvalue weighted by atomic mass is 10.1. The number of halogens is 4. The van der Waals surface area contributed by atoms with Gasteiger partial charge in [0.25, 0.3) is 0 Å². The van der Waals surface area contributed by atoms with Gasteiger partial charge in [0.05, 0.1) is 42.3 Å². The first kappa shape index (κ1) is 32.6. The van der Waals surface area contributed by atoms with Gasteiger partial charge in [-0.05, 0) is 69.3 Å². The maximum absolute atomic E-state index is 10.8. The first-order chi connectivity index (χ1) is 16.2. The van der Waals surface area contributed by atoms with Crippen LogP contribution in [0.1, 0.15) is 70.0 Å². The number of nitro groups is 1. The van der Waals surface area contributed by atoms with E-state index in [4.69, 9.17) is 9.15 Å². The first-order valence-corrected chi connectivity index (χ1v) is 14.4. The molecule has 1 aromatic carbocycles. The van der Waals surface area contributed by atoms with E-state index in [2.05, 4.69) is 61.9 Å². The SMILES string of the molecule is C[N+](C)(CCCCCCCCCCCCOc1c(Br)cc(Br)cc1Br)Cc1ccc([N+](=O)[O-])o1.[Br-]. The summed E-state index contributed by atoms with van der Waals surface area (Å²) in [4.78, 5) is 10.3. The predicted molar refractivity (Wildman–Crippen MR) is 147 cm³/mol. The summed E-state index contributed by atoms with van der Waals surface area (Å²) in [6, 6.07) is 7.14. The van der Waals surface area contributed by atoms with E-state index < -0.39 is 4.92 Å². The Morgan fingerprint density at radius 1 is 0.886 bits per heavy atom. The minimum absolute atomic E-state index is 0. The maximum atomic E-state index is 10.8. The van der Waals surface area contributed by atoms with Crippen LogP contribution in [0.4, 0.5) is 5.88 Å². The Balaban J connectivity index is 0.00000612. The quantitative estimate of drug-likeness (QED) is 0.0858. The molecule has 0 saturated heterocycles. The Hall–Kier alpha value is -0.420. The van der Waals surface area contributed by atoms with Crippen molar-refractivity contribution < 1.29 is 35.5 Å². The summed E-state index contributed by atoms with van der Waals surface area (Å²) < 4.78 is 14.9. The fourth-order valence-electron chi connectivity index (χ4n) is 3.95. The van der Waals surface area contributed by atoms with E-state index in [1.165, 1.54) is 63.9 Å². The second-order valence-corrected chi connectivity index (χ2v) is 12.0. The molecule has 10 heteroatoms. The largest absolute Gasteiger partial charge is 1.00 e. The van der Waals surface area contributed by atoms with Gasteiger partial charge >= 0.3 is 5.88 Å². The molecule has 1 heterocycles. The third kappa shape index (κ3) is 13.1. The van der Waals surface area contributed by atoms with E-state index in [9.17, 15) is 10.1 Å². The van der Waals surface area contributed by atoms with Crippen molar-refractivity contribution in [3.8, 4) is 5.75 Å². The molecular formula is C25H36Br4N2O4. The van der Waals surface area contributed by atoms with Crippen LogP contribution in [0.2, 0.25) is 0 Å². The molecule has 0 amide bonds. The molecule has 0 spiro atoms. The number of hydrogen-bond acceptors (Lipinski definition) is 4. The molecule has 0 bridgehead atoms. The zero-order chi connectivity index (χ0) is 25.0. The summed E-state index contributed by atoms with van der Waals surface area (Å²) in [5.74, 6) is 1.37. The van der Waals surface area contributed by atoms with Gasteiger partial charge in [-0.2, -0.15) is 0 Å². The average Bonchev–Trinajstić information content (AvgIpc) is 3.21. The molecule has 35 heavy (non-hydrogen) atoms. The molecule has 0 aliphatic carbocycles. The summed E-state index contributed by atoms with van der Waals surface area (Å²) in [7, 11) is 4.30. The van der Waals surface area contributed by atoms with Crippen molar-refractivity contribution in [2.45, 2.75) is 70.8 Å². The number of hydrogen-bond donors (Lipinski definition) is 0. The van der Waals surface area contributed by atoms with Gasteiger partial charge in [-0.25, -0.2) is 0 Å². The van der Waals surface area contributed by atoms with Gasteiger partial charge in [-0.15, -0.1) is 0 Å². The molecule has 2 aromatic rings. The normalized spacial score (nSPS) is 11.3. The van der Waals surface area contributed by atoms with Crippen molar-refractivity contribution in [2.75, 3.05) is 27.2 Å². The Bertz CT molecular complexity index is 882. The molecule has 0 aliphatic rings. The lowest BCUT2D eigenvalue weighted by molar-refractivity contribution is -0.904. The molecule has 6 nitrogen and oxygen atoms in total. The van der Waals surface area contributed by atoms with E-state index in [1.807, 2.05) is 12.1 Å².